The highest BCUT2D eigenvalue weighted by atomic mass is 35.5. The van der Waals surface area contributed by atoms with Crippen LogP contribution in [0.4, 0.5) is 10.5 Å². The summed E-state index contributed by atoms with van der Waals surface area (Å²) in [4.78, 5) is 22.2. The average molecular weight is 493 g/mol. The Balaban J connectivity index is 1.41. The van der Waals surface area contributed by atoms with Crippen LogP contribution in [0.25, 0.3) is 0 Å². The van der Waals surface area contributed by atoms with Gasteiger partial charge >= 0.3 is 6.03 Å². The van der Waals surface area contributed by atoms with E-state index in [1.807, 2.05) is 60.5 Å². The lowest BCUT2D eigenvalue weighted by Crippen LogP contribution is -2.48. The lowest BCUT2D eigenvalue weighted by atomic mass is 10.0. The van der Waals surface area contributed by atoms with E-state index in [0.29, 0.717) is 18.0 Å². The summed E-state index contributed by atoms with van der Waals surface area (Å²) in [6.07, 6.45) is 6.44. The van der Waals surface area contributed by atoms with Gasteiger partial charge in [0.25, 0.3) is 0 Å². The van der Waals surface area contributed by atoms with Crippen LogP contribution in [0.1, 0.15) is 29.5 Å². The van der Waals surface area contributed by atoms with Crippen molar-refractivity contribution in [2.45, 2.75) is 38.8 Å². The normalized spacial score (nSPS) is 14.5. The molecule has 0 aliphatic carbocycles. The minimum Gasteiger partial charge on any atom is -0.495 e. The number of hydrogen-bond acceptors (Lipinski definition) is 4. The van der Waals surface area contributed by atoms with E-state index in [1.165, 1.54) is 5.56 Å². The second kappa shape index (κ2) is 12.0. The fourth-order valence-corrected chi connectivity index (χ4v) is 4.68. The molecule has 2 aromatic carbocycles. The fraction of sp³-hybridized carbons (Fsp3) is 0.357. The van der Waals surface area contributed by atoms with Gasteiger partial charge in [-0.15, -0.1) is 0 Å². The number of methoxy groups -OCH3 is 1. The molecular formula is C28H33ClN4O2. The molecule has 2 heterocycles. The van der Waals surface area contributed by atoms with Crippen molar-refractivity contribution < 1.29 is 9.53 Å². The molecule has 4 rings (SSSR count). The Bertz CT molecular complexity index is 1100. The maximum Gasteiger partial charge on any atom is 0.322 e. The zero-order chi connectivity index (χ0) is 24.6. The second-order valence-corrected chi connectivity index (χ2v) is 9.51. The number of carbonyl (C=O) groups is 1. The lowest BCUT2D eigenvalue weighted by molar-refractivity contribution is 0.124. The first-order chi connectivity index (χ1) is 17.0. The molecule has 1 aliphatic heterocycles. The number of likely N-dealkylation sites (tertiary alicyclic amines) is 1. The molecule has 0 radical (unpaired) electrons. The Kier molecular flexibility index (Phi) is 8.61. The summed E-state index contributed by atoms with van der Waals surface area (Å²) < 4.78 is 5.47. The third kappa shape index (κ3) is 6.96. The van der Waals surface area contributed by atoms with E-state index in [0.717, 1.165) is 55.0 Å². The summed E-state index contributed by atoms with van der Waals surface area (Å²) in [5, 5.41) is 3.87. The van der Waals surface area contributed by atoms with Crippen molar-refractivity contribution >= 4 is 23.3 Å². The summed E-state index contributed by atoms with van der Waals surface area (Å²) in [5.41, 5.74) is 4.06. The second-order valence-electron chi connectivity index (χ2n) is 9.07. The largest absolute Gasteiger partial charge is 0.495 e. The van der Waals surface area contributed by atoms with Crippen molar-refractivity contribution in [1.82, 2.24) is 14.8 Å². The number of amides is 2. The van der Waals surface area contributed by atoms with E-state index in [2.05, 4.69) is 27.3 Å². The number of ether oxygens (including phenoxy) is 1. The number of anilines is 1. The van der Waals surface area contributed by atoms with E-state index in [1.54, 1.807) is 13.3 Å². The molecule has 1 N–H and O–H groups in total. The summed E-state index contributed by atoms with van der Waals surface area (Å²) in [7, 11) is 1.62. The predicted octanol–water partition coefficient (Wildman–Crippen LogP) is 5.79. The van der Waals surface area contributed by atoms with Gasteiger partial charge in [-0.2, -0.15) is 0 Å². The highest BCUT2D eigenvalue weighted by Gasteiger charge is 2.28. The Morgan fingerprint density at radius 2 is 1.91 bits per heavy atom. The Morgan fingerprint density at radius 3 is 2.60 bits per heavy atom. The van der Waals surface area contributed by atoms with Gasteiger partial charge < -0.3 is 19.9 Å². The molecule has 1 aromatic heterocycles. The van der Waals surface area contributed by atoms with Crippen molar-refractivity contribution in [3.63, 3.8) is 0 Å². The van der Waals surface area contributed by atoms with Gasteiger partial charge in [0.2, 0.25) is 0 Å². The minimum absolute atomic E-state index is 0.114. The zero-order valence-electron chi connectivity index (χ0n) is 20.4. The van der Waals surface area contributed by atoms with Crippen molar-refractivity contribution in [1.29, 1.82) is 0 Å². The number of nitrogens with one attached hydrogen (secondary N) is 1. The SMILES string of the molecule is COc1ccc(C)cc1NC(=O)N(Cc1cccnc1)C1CCN(CCc2ccc(Cl)cc2)CC1. The Labute approximate surface area is 212 Å². The van der Waals surface area contributed by atoms with Gasteiger partial charge in [-0.25, -0.2) is 4.79 Å². The average Bonchev–Trinajstić information content (AvgIpc) is 2.88. The first-order valence-corrected chi connectivity index (χ1v) is 12.5. The highest BCUT2D eigenvalue weighted by molar-refractivity contribution is 6.30. The number of aromatic nitrogens is 1. The number of benzene rings is 2. The third-order valence-electron chi connectivity index (χ3n) is 6.56. The molecule has 0 unspecified atom stereocenters. The molecule has 1 aliphatic rings. The standard InChI is InChI=1S/C28H33ClN4O2/c1-21-5-10-27(35-2)26(18-21)31-28(34)33(20-23-4-3-14-30-19-23)25-12-16-32(17-13-25)15-11-22-6-8-24(29)9-7-22/h3-10,14,18-19,25H,11-13,15-17,20H2,1-2H3,(H,31,34). The van der Waals surface area contributed by atoms with Crippen LogP contribution in [0.2, 0.25) is 5.02 Å². The number of urea groups is 1. The first-order valence-electron chi connectivity index (χ1n) is 12.1. The quantitative estimate of drug-likeness (QED) is 0.432. The van der Waals surface area contributed by atoms with Crippen molar-refractivity contribution in [3.05, 3.63) is 88.7 Å². The van der Waals surface area contributed by atoms with Gasteiger partial charge in [0, 0.05) is 49.6 Å². The molecule has 6 nitrogen and oxygen atoms in total. The molecule has 0 bridgehead atoms. The van der Waals surface area contributed by atoms with Crippen LogP contribution in [0.3, 0.4) is 0 Å². The van der Waals surface area contributed by atoms with Crippen LogP contribution in [0, 0.1) is 6.92 Å². The number of pyridine rings is 1. The zero-order valence-corrected chi connectivity index (χ0v) is 21.2. The number of piperidine rings is 1. The van der Waals surface area contributed by atoms with Gasteiger partial charge in [0.15, 0.2) is 0 Å². The molecule has 0 saturated carbocycles. The number of hydrogen-bond donors (Lipinski definition) is 1. The van der Waals surface area contributed by atoms with Crippen molar-refractivity contribution in [3.8, 4) is 5.75 Å². The van der Waals surface area contributed by atoms with Crippen LogP contribution in [-0.4, -0.2) is 53.6 Å². The van der Waals surface area contributed by atoms with Gasteiger partial charge in [-0.05, 0) is 73.2 Å². The van der Waals surface area contributed by atoms with Crippen LogP contribution in [-0.2, 0) is 13.0 Å². The van der Waals surface area contributed by atoms with Gasteiger partial charge in [-0.3, -0.25) is 4.98 Å². The van der Waals surface area contributed by atoms with Crippen LogP contribution >= 0.6 is 11.6 Å². The number of carbonyl (C=O) groups excluding carboxylic acids is 1. The summed E-state index contributed by atoms with van der Waals surface area (Å²) >= 11 is 6.01. The molecule has 1 saturated heterocycles. The molecule has 0 atom stereocenters. The van der Waals surface area contributed by atoms with Crippen molar-refractivity contribution in [2.75, 3.05) is 32.1 Å². The maximum atomic E-state index is 13.5. The molecule has 35 heavy (non-hydrogen) atoms. The summed E-state index contributed by atoms with van der Waals surface area (Å²) in [6, 6.07) is 17.8. The van der Waals surface area contributed by atoms with Crippen LogP contribution in [0.15, 0.2) is 67.0 Å². The highest BCUT2D eigenvalue weighted by Crippen LogP contribution is 2.27. The number of halogens is 1. The topological polar surface area (TPSA) is 57.7 Å². The lowest BCUT2D eigenvalue weighted by Gasteiger charge is -2.38. The van der Waals surface area contributed by atoms with Gasteiger partial charge in [0.05, 0.1) is 12.8 Å². The fourth-order valence-electron chi connectivity index (χ4n) is 4.55. The predicted molar refractivity (Wildman–Crippen MR) is 141 cm³/mol. The van der Waals surface area contributed by atoms with Gasteiger partial charge in [-0.1, -0.05) is 35.9 Å². The summed E-state index contributed by atoms with van der Waals surface area (Å²) in [6.45, 7) is 5.45. The molecular weight excluding hydrogens is 460 g/mol. The van der Waals surface area contributed by atoms with E-state index < -0.39 is 0 Å². The van der Waals surface area contributed by atoms with E-state index in [4.69, 9.17) is 16.3 Å². The van der Waals surface area contributed by atoms with Crippen molar-refractivity contribution in [2.24, 2.45) is 0 Å². The van der Waals surface area contributed by atoms with E-state index >= 15 is 0 Å². The molecule has 2 amide bonds. The molecule has 3 aromatic rings. The monoisotopic (exact) mass is 492 g/mol. The van der Waals surface area contributed by atoms with Crippen LogP contribution < -0.4 is 10.1 Å². The van der Waals surface area contributed by atoms with E-state index in [-0.39, 0.29) is 12.1 Å². The molecule has 7 heteroatoms. The number of aryl methyl sites for hydroxylation is 1. The van der Waals surface area contributed by atoms with Crippen LogP contribution in [0.5, 0.6) is 5.75 Å². The number of nitrogens with zero attached hydrogens (tertiary/aromatic N) is 3. The Morgan fingerprint density at radius 1 is 1.14 bits per heavy atom. The smallest absolute Gasteiger partial charge is 0.322 e. The first kappa shape index (κ1) is 25.0. The molecule has 1 fully saturated rings. The minimum atomic E-state index is -0.114. The maximum absolute atomic E-state index is 13.5. The Hall–Kier alpha value is -3.09. The molecule has 0 spiro atoms. The summed E-state index contributed by atoms with van der Waals surface area (Å²) in [5.74, 6) is 0.655. The van der Waals surface area contributed by atoms with E-state index in [9.17, 15) is 4.79 Å². The van der Waals surface area contributed by atoms with Gasteiger partial charge in [0.1, 0.15) is 5.75 Å². The third-order valence-corrected chi connectivity index (χ3v) is 6.81. The number of rotatable bonds is 8. The molecule has 184 valence electrons.